The van der Waals surface area contributed by atoms with E-state index in [1.807, 2.05) is 0 Å². The Kier molecular flexibility index (Phi) is 6.78. The van der Waals surface area contributed by atoms with Crippen LogP contribution in [-0.4, -0.2) is 67.8 Å². The fraction of sp³-hybridized carbons (Fsp3) is 0.500. The Morgan fingerprint density at radius 2 is 1.93 bits per heavy atom. The second kappa shape index (κ2) is 8.70. The van der Waals surface area contributed by atoms with E-state index in [1.54, 1.807) is 20.8 Å². The number of rotatable bonds is 7. The van der Waals surface area contributed by atoms with E-state index in [0.717, 1.165) is 4.90 Å². The Bertz CT molecular complexity index is 879. The van der Waals surface area contributed by atoms with Crippen LogP contribution in [-0.2, 0) is 19.6 Å². The largest absolute Gasteiger partial charge is 0.449 e. The maximum Gasteiger partial charge on any atom is 0.339 e. The van der Waals surface area contributed by atoms with Crippen molar-refractivity contribution in [2.24, 2.45) is 0 Å². The Morgan fingerprint density at radius 1 is 1.29 bits per heavy atom. The third kappa shape index (κ3) is 4.33. The number of hydrogen-bond acceptors (Lipinski definition) is 6. The first-order valence-corrected chi connectivity index (χ1v) is 10.5. The summed E-state index contributed by atoms with van der Waals surface area (Å²) < 4.78 is 31.9. The molecule has 0 saturated carbocycles. The number of nitrogens with zero attached hydrogens (tertiary/aromatic N) is 2. The van der Waals surface area contributed by atoms with Crippen LogP contribution in [0.15, 0.2) is 23.1 Å². The number of imide groups is 1. The van der Waals surface area contributed by atoms with Gasteiger partial charge in [0.05, 0.1) is 10.5 Å². The molecule has 1 atom stereocenters. The molecule has 10 heteroatoms. The van der Waals surface area contributed by atoms with Gasteiger partial charge in [-0.15, -0.1) is 0 Å². The Labute approximate surface area is 164 Å². The van der Waals surface area contributed by atoms with Crippen molar-refractivity contribution in [1.82, 2.24) is 14.5 Å². The van der Waals surface area contributed by atoms with Crippen molar-refractivity contribution < 1.29 is 27.5 Å². The number of carbonyl (C=O) groups excluding carboxylic acids is 3. The third-order valence-electron chi connectivity index (χ3n) is 4.53. The van der Waals surface area contributed by atoms with Crippen molar-refractivity contribution in [3.05, 3.63) is 29.3 Å². The molecule has 1 aliphatic rings. The lowest BCUT2D eigenvalue weighted by atomic mass is 10.1. The zero-order valence-electron chi connectivity index (χ0n) is 16.4. The number of esters is 1. The van der Waals surface area contributed by atoms with E-state index in [2.05, 4.69) is 5.32 Å². The molecule has 0 radical (unpaired) electrons. The van der Waals surface area contributed by atoms with E-state index in [0.29, 0.717) is 25.2 Å². The lowest BCUT2D eigenvalue weighted by Crippen LogP contribution is -2.41. The molecular formula is C18H25N3O6S. The molecule has 1 aromatic rings. The van der Waals surface area contributed by atoms with Gasteiger partial charge in [-0.1, -0.05) is 19.9 Å². The van der Waals surface area contributed by atoms with Crippen molar-refractivity contribution in [2.45, 2.75) is 38.7 Å². The van der Waals surface area contributed by atoms with Crippen LogP contribution in [0.2, 0.25) is 0 Å². The number of carbonyl (C=O) groups is 3. The summed E-state index contributed by atoms with van der Waals surface area (Å²) >= 11 is 0. The minimum Gasteiger partial charge on any atom is -0.449 e. The van der Waals surface area contributed by atoms with Crippen LogP contribution < -0.4 is 5.32 Å². The second-order valence-electron chi connectivity index (χ2n) is 6.34. The lowest BCUT2D eigenvalue weighted by Gasteiger charge is -2.20. The summed E-state index contributed by atoms with van der Waals surface area (Å²) in [5.41, 5.74) is 0.570. The molecule has 1 N–H and O–H groups in total. The lowest BCUT2D eigenvalue weighted by molar-refractivity contribution is -0.136. The summed E-state index contributed by atoms with van der Waals surface area (Å²) in [6.45, 7) is 7.62. The zero-order valence-corrected chi connectivity index (χ0v) is 17.2. The van der Waals surface area contributed by atoms with E-state index >= 15 is 0 Å². The molecule has 1 aliphatic heterocycles. The summed E-state index contributed by atoms with van der Waals surface area (Å²) in [6, 6.07) is 3.68. The first-order valence-electron chi connectivity index (χ1n) is 9.04. The van der Waals surface area contributed by atoms with E-state index in [4.69, 9.17) is 4.74 Å². The maximum atomic E-state index is 12.7. The SMILES string of the molecule is CCN(CC)S(=O)(=O)c1ccc(C)c(C(=O)O[C@H](C)C(=O)N2CCNC2=O)c1. The molecule has 1 heterocycles. The predicted octanol–water partition coefficient (Wildman–Crippen LogP) is 1.12. The van der Waals surface area contributed by atoms with Crippen molar-refractivity contribution in [2.75, 3.05) is 26.2 Å². The van der Waals surface area contributed by atoms with Gasteiger partial charge in [-0.25, -0.2) is 18.0 Å². The molecule has 1 fully saturated rings. The molecule has 0 spiro atoms. The number of ether oxygens (including phenoxy) is 1. The molecule has 2 rings (SSSR count). The number of urea groups is 1. The van der Waals surface area contributed by atoms with Gasteiger partial charge in [0.15, 0.2) is 6.10 Å². The van der Waals surface area contributed by atoms with Gasteiger partial charge in [0.25, 0.3) is 5.91 Å². The number of amides is 3. The van der Waals surface area contributed by atoms with Crippen LogP contribution in [0.4, 0.5) is 4.79 Å². The number of aryl methyl sites for hydroxylation is 1. The van der Waals surface area contributed by atoms with Crippen molar-refractivity contribution >= 4 is 27.9 Å². The highest BCUT2D eigenvalue weighted by Gasteiger charge is 2.32. The van der Waals surface area contributed by atoms with Gasteiger partial charge in [0.2, 0.25) is 10.0 Å². The van der Waals surface area contributed by atoms with Gasteiger partial charge in [-0.2, -0.15) is 4.31 Å². The number of nitrogens with one attached hydrogen (secondary N) is 1. The van der Waals surface area contributed by atoms with Crippen molar-refractivity contribution in [1.29, 1.82) is 0 Å². The summed E-state index contributed by atoms with van der Waals surface area (Å²) in [5, 5.41) is 2.50. The minimum absolute atomic E-state index is 0.0216. The van der Waals surface area contributed by atoms with Gasteiger partial charge in [-0.3, -0.25) is 9.69 Å². The van der Waals surface area contributed by atoms with Crippen LogP contribution in [0.3, 0.4) is 0 Å². The molecule has 9 nitrogen and oxygen atoms in total. The highest BCUT2D eigenvalue weighted by molar-refractivity contribution is 7.89. The predicted molar refractivity (Wildman–Crippen MR) is 101 cm³/mol. The van der Waals surface area contributed by atoms with E-state index in [-0.39, 0.29) is 17.0 Å². The number of sulfonamides is 1. The van der Waals surface area contributed by atoms with Gasteiger partial charge in [0, 0.05) is 26.2 Å². The topological polar surface area (TPSA) is 113 Å². The Balaban J connectivity index is 2.23. The summed E-state index contributed by atoms with van der Waals surface area (Å²) in [6.07, 6.45) is -1.18. The van der Waals surface area contributed by atoms with Gasteiger partial charge in [-0.05, 0) is 31.5 Å². The number of benzene rings is 1. The molecular weight excluding hydrogens is 386 g/mol. The van der Waals surface area contributed by atoms with E-state index in [9.17, 15) is 22.8 Å². The highest BCUT2D eigenvalue weighted by Crippen LogP contribution is 2.21. The average molecular weight is 411 g/mol. The standard InChI is InChI=1S/C18H25N3O6S/c1-5-20(6-2)28(25,26)14-8-7-12(3)15(11-14)17(23)27-13(4)16(22)21-10-9-19-18(21)24/h7-8,11,13H,5-6,9-10H2,1-4H3,(H,19,24)/t13-/m1/s1. The van der Waals surface area contributed by atoms with Crippen molar-refractivity contribution in [3.63, 3.8) is 0 Å². The van der Waals surface area contributed by atoms with E-state index in [1.165, 1.54) is 29.4 Å². The van der Waals surface area contributed by atoms with Crippen LogP contribution >= 0.6 is 0 Å². The van der Waals surface area contributed by atoms with E-state index < -0.39 is 34.0 Å². The highest BCUT2D eigenvalue weighted by atomic mass is 32.2. The quantitative estimate of drug-likeness (QED) is 0.673. The molecule has 154 valence electrons. The normalized spacial score (nSPS) is 15.5. The molecule has 0 aliphatic carbocycles. The fourth-order valence-electron chi connectivity index (χ4n) is 2.87. The summed E-state index contributed by atoms with van der Waals surface area (Å²) in [4.78, 5) is 37.4. The maximum absolute atomic E-state index is 12.7. The first kappa shape index (κ1) is 21.8. The summed E-state index contributed by atoms with van der Waals surface area (Å²) in [7, 11) is -3.74. The second-order valence-corrected chi connectivity index (χ2v) is 8.27. The smallest absolute Gasteiger partial charge is 0.339 e. The fourth-order valence-corrected chi connectivity index (χ4v) is 4.35. The zero-order chi connectivity index (χ0) is 21.1. The molecule has 0 aromatic heterocycles. The summed E-state index contributed by atoms with van der Waals surface area (Å²) in [5.74, 6) is -1.46. The monoisotopic (exact) mass is 411 g/mol. The van der Waals surface area contributed by atoms with Crippen LogP contribution in [0, 0.1) is 6.92 Å². The Hall–Kier alpha value is -2.46. The molecule has 1 aromatic carbocycles. The minimum atomic E-state index is -3.74. The van der Waals surface area contributed by atoms with Gasteiger partial charge < -0.3 is 10.1 Å². The average Bonchev–Trinajstić information content (AvgIpc) is 3.07. The molecule has 3 amide bonds. The molecule has 28 heavy (non-hydrogen) atoms. The first-order chi connectivity index (χ1) is 13.1. The van der Waals surface area contributed by atoms with Gasteiger partial charge >= 0.3 is 12.0 Å². The molecule has 0 bridgehead atoms. The van der Waals surface area contributed by atoms with Crippen LogP contribution in [0.25, 0.3) is 0 Å². The van der Waals surface area contributed by atoms with Gasteiger partial charge in [0.1, 0.15) is 0 Å². The Morgan fingerprint density at radius 3 is 2.46 bits per heavy atom. The van der Waals surface area contributed by atoms with Crippen LogP contribution in [0.1, 0.15) is 36.7 Å². The third-order valence-corrected chi connectivity index (χ3v) is 6.57. The number of hydrogen-bond donors (Lipinski definition) is 1. The van der Waals surface area contributed by atoms with Crippen molar-refractivity contribution in [3.8, 4) is 0 Å². The molecule has 0 unspecified atom stereocenters. The molecule has 1 saturated heterocycles. The van der Waals surface area contributed by atoms with Crippen LogP contribution in [0.5, 0.6) is 0 Å².